The number of nitrogen functional groups attached to an aromatic ring is 1. The van der Waals surface area contributed by atoms with Crippen LogP contribution < -0.4 is 11.5 Å². The third-order valence-corrected chi connectivity index (χ3v) is 5.72. The van der Waals surface area contributed by atoms with Gasteiger partial charge in [-0.2, -0.15) is 26.3 Å². The second kappa shape index (κ2) is 8.79. The van der Waals surface area contributed by atoms with Crippen molar-refractivity contribution in [3.8, 4) is 21.8 Å². The number of benzene rings is 1. The molecule has 186 valence electrons. The summed E-state index contributed by atoms with van der Waals surface area (Å²) >= 11 is 1.22. The number of thiazole rings is 1. The lowest BCUT2D eigenvalue weighted by Gasteiger charge is -2.33. The highest BCUT2D eigenvalue weighted by atomic mass is 32.1. The molecule has 3 aromatic rings. The Hall–Kier alpha value is -3.75. The zero-order valence-electron chi connectivity index (χ0n) is 17.8. The van der Waals surface area contributed by atoms with E-state index in [1.54, 1.807) is 6.92 Å². The second-order valence-corrected chi connectivity index (χ2v) is 8.43. The first-order valence-electron chi connectivity index (χ1n) is 9.41. The van der Waals surface area contributed by atoms with Crippen molar-refractivity contribution in [2.45, 2.75) is 31.8 Å². The molecule has 4 N–H and O–H groups in total. The molecule has 2 aromatic heterocycles. The molecule has 1 aromatic carbocycles. The van der Waals surface area contributed by atoms with E-state index in [4.69, 9.17) is 11.5 Å². The molecule has 8 nitrogen and oxygen atoms in total. The lowest BCUT2D eigenvalue weighted by Crippen LogP contribution is -2.57. The van der Waals surface area contributed by atoms with Gasteiger partial charge in [-0.25, -0.2) is 19.7 Å². The number of esters is 1. The topological polar surface area (TPSA) is 134 Å². The number of anilines is 1. The van der Waals surface area contributed by atoms with Gasteiger partial charge in [-0.15, -0.1) is 11.3 Å². The fourth-order valence-electron chi connectivity index (χ4n) is 3.11. The number of carbonyl (C=O) groups excluding carboxylic acids is 2. The summed E-state index contributed by atoms with van der Waals surface area (Å²) in [5, 5.41) is 0.674. The molecule has 1 amide bonds. The molecule has 2 heterocycles. The molecule has 0 aliphatic carbocycles. The van der Waals surface area contributed by atoms with Crippen LogP contribution in [0, 0.1) is 13.8 Å². The highest BCUT2D eigenvalue weighted by Crippen LogP contribution is 2.45. The number of rotatable bonds is 5. The summed E-state index contributed by atoms with van der Waals surface area (Å²) in [5.41, 5.74) is 5.54. The van der Waals surface area contributed by atoms with Crippen molar-refractivity contribution in [1.29, 1.82) is 0 Å². The van der Waals surface area contributed by atoms with Crippen LogP contribution in [0.25, 0.3) is 21.8 Å². The molecule has 0 aliphatic rings. The Balaban J connectivity index is 2.23. The Morgan fingerprint density at radius 3 is 2.20 bits per heavy atom. The molecular weight excluding hydrogens is 504 g/mol. The van der Waals surface area contributed by atoms with Crippen LogP contribution in [-0.4, -0.2) is 39.2 Å². The first kappa shape index (κ1) is 25.9. The highest BCUT2D eigenvalue weighted by molar-refractivity contribution is 7.15. The van der Waals surface area contributed by atoms with E-state index in [-0.39, 0.29) is 22.8 Å². The Morgan fingerprint density at radius 1 is 1.03 bits per heavy atom. The molecule has 0 saturated carbocycles. The van der Waals surface area contributed by atoms with E-state index in [1.165, 1.54) is 24.5 Å². The molecule has 15 heteroatoms. The molecule has 3 rings (SSSR count). The Morgan fingerprint density at radius 2 is 1.69 bits per heavy atom. The molecule has 0 aliphatic heterocycles. The van der Waals surface area contributed by atoms with E-state index in [0.717, 1.165) is 12.3 Å². The summed E-state index contributed by atoms with van der Waals surface area (Å²) < 4.78 is 84.2. The number of ether oxygens (including phenoxy) is 1. The number of nitrogens with two attached hydrogens (primary N) is 2. The van der Waals surface area contributed by atoms with Gasteiger partial charge in [0.15, 0.2) is 5.82 Å². The molecule has 1 atom stereocenters. The average molecular weight is 519 g/mol. The van der Waals surface area contributed by atoms with Gasteiger partial charge in [-0.1, -0.05) is 12.1 Å². The van der Waals surface area contributed by atoms with Crippen LogP contribution in [-0.2, 0) is 19.9 Å². The van der Waals surface area contributed by atoms with E-state index in [9.17, 15) is 35.9 Å². The average Bonchev–Trinajstić information content (AvgIpc) is 3.17. The summed E-state index contributed by atoms with van der Waals surface area (Å²) in [6.07, 6.45) is -9.08. The third-order valence-electron chi connectivity index (χ3n) is 4.80. The minimum Gasteiger partial charge on any atom is -0.427 e. The van der Waals surface area contributed by atoms with E-state index in [1.807, 2.05) is 0 Å². The maximum absolute atomic E-state index is 14.0. The Bertz CT molecular complexity index is 1310. The number of aromatic nitrogens is 3. The standard InChI is InChI=1S/C20H15F6N5O3S/c1-8-3-4-10(18(16(28)32,20(24,25)26)34-17(33)19(21,22)23)5-11(8)12-6-30-15(27)14(31-12)13-7-29-9(2)35-13/h3-7H,1-2H3,(H2,27,30)(H2,28,32). The first-order valence-corrected chi connectivity index (χ1v) is 10.2. The Kier molecular flexibility index (Phi) is 6.50. The number of alkyl halides is 6. The smallest absolute Gasteiger partial charge is 0.427 e. The third kappa shape index (κ3) is 4.76. The Labute approximate surface area is 197 Å². The van der Waals surface area contributed by atoms with E-state index >= 15 is 0 Å². The SMILES string of the molecule is Cc1ncc(-c2nc(-c3cc(C(OC(=O)C(F)(F)F)(C(N)=O)C(F)(F)F)ccc3C)cnc2N)s1. The normalized spacial score (nSPS) is 13.8. The first-order chi connectivity index (χ1) is 16.1. The molecule has 0 spiro atoms. The predicted octanol–water partition coefficient (Wildman–Crippen LogP) is 3.81. The number of hydrogen-bond donors (Lipinski definition) is 2. The van der Waals surface area contributed by atoms with Gasteiger partial charge in [0, 0.05) is 17.3 Å². The van der Waals surface area contributed by atoms with E-state index in [2.05, 4.69) is 19.7 Å². The number of nitrogens with zero attached hydrogens (tertiary/aromatic N) is 3. The van der Waals surface area contributed by atoms with Crippen molar-refractivity contribution >= 4 is 29.0 Å². The summed E-state index contributed by atoms with van der Waals surface area (Å²) in [5.74, 6) is -5.63. The maximum Gasteiger partial charge on any atom is 0.490 e. The van der Waals surface area contributed by atoms with Crippen LogP contribution in [0.5, 0.6) is 0 Å². The van der Waals surface area contributed by atoms with Crippen LogP contribution in [0.2, 0.25) is 0 Å². The van der Waals surface area contributed by atoms with Crippen LogP contribution >= 0.6 is 11.3 Å². The van der Waals surface area contributed by atoms with Crippen molar-refractivity contribution in [2.75, 3.05) is 5.73 Å². The lowest BCUT2D eigenvalue weighted by molar-refractivity contribution is -0.280. The molecule has 0 bridgehead atoms. The van der Waals surface area contributed by atoms with Gasteiger partial charge in [0.1, 0.15) is 5.69 Å². The number of aryl methyl sites for hydroxylation is 2. The van der Waals surface area contributed by atoms with Crippen molar-refractivity contribution in [2.24, 2.45) is 5.73 Å². The minimum absolute atomic E-state index is 0.00732. The van der Waals surface area contributed by atoms with Crippen molar-refractivity contribution in [3.05, 3.63) is 46.7 Å². The van der Waals surface area contributed by atoms with Crippen molar-refractivity contribution in [3.63, 3.8) is 0 Å². The number of primary amides is 1. The monoisotopic (exact) mass is 519 g/mol. The lowest BCUT2D eigenvalue weighted by atomic mass is 9.88. The zero-order valence-corrected chi connectivity index (χ0v) is 18.6. The van der Waals surface area contributed by atoms with E-state index in [0.29, 0.717) is 27.6 Å². The summed E-state index contributed by atoms with van der Waals surface area (Å²) in [7, 11) is 0. The van der Waals surface area contributed by atoms with Gasteiger partial charge >= 0.3 is 23.9 Å². The molecular formula is C20H15F6N5O3S. The van der Waals surface area contributed by atoms with Gasteiger partial charge in [0.05, 0.1) is 21.8 Å². The number of halogens is 6. The molecule has 35 heavy (non-hydrogen) atoms. The second-order valence-electron chi connectivity index (χ2n) is 7.19. The van der Waals surface area contributed by atoms with Gasteiger partial charge in [-0.3, -0.25) is 4.79 Å². The van der Waals surface area contributed by atoms with Crippen molar-refractivity contribution in [1.82, 2.24) is 15.0 Å². The molecule has 0 saturated heterocycles. The van der Waals surface area contributed by atoms with Crippen LogP contribution in [0.3, 0.4) is 0 Å². The maximum atomic E-state index is 14.0. The number of carbonyl (C=O) groups is 2. The van der Waals surface area contributed by atoms with Gasteiger partial charge in [0.25, 0.3) is 5.91 Å². The van der Waals surface area contributed by atoms with Crippen molar-refractivity contribution < 1.29 is 40.7 Å². The van der Waals surface area contributed by atoms with Crippen LogP contribution in [0.1, 0.15) is 16.1 Å². The minimum atomic E-state index is -5.84. The quantitative estimate of drug-likeness (QED) is 0.387. The summed E-state index contributed by atoms with van der Waals surface area (Å²) in [4.78, 5) is 36.2. The van der Waals surface area contributed by atoms with Gasteiger partial charge < -0.3 is 16.2 Å². The molecule has 0 radical (unpaired) electrons. The fraction of sp³-hybridized carbons (Fsp3) is 0.250. The summed E-state index contributed by atoms with van der Waals surface area (Å²) in [6.45, 7) is 3.19. The fourth-order valence-corrected chi connectivity index (χ4v) is 3.88. The van der Waals surface area contributed by atoms with Crippen LogP contribution in [0.4, 0.5) is 32.2 Å². The van der Waals surface area contributed by atoms with Gasteiger partial charge in [-0.05, 0) is 25.5 Å². The van der Waals surface area contributed by atoms with E-state index < -0.39 is 35.4 Å². The molecule has 0 fully saturated rings. The zero-order chi connectivity index (χ0) is 26.3. The highest BCUT2D eigenvalue weighted by Gasteiger charge is 2.66. The van der Waals surface area contributed by atoms with Gasteiger partial charge in [0.2, 0.25) is 0 Å². The number of amides is 1. The van der Waals surface area contributed by atoms with Crippen LogP contribution in [0.15, 0.2) is 30.6 Å². The summed E-state index contributed by atoms with van der Waals surface area (Å²) in [6, 6.07) is 2.46. The predicted molar refractivity (Wildman–Crippen MR) is 112 cm³/mol. The molecule has 1 unspecified atom stereocenters. The number of hydrogen-bond acceptors (Lipinski definition) is 8. The largest absolute Gasteiger partial charge is 0.490 e.